The molecule has 0 saturated heterocycles. The average molecular weight is 257 g/mol. The molecule has 4 rings (SSSR count). The molecule has 20 heavy (non-hydrogen) atoms. The van der Waals surface area contributed by atoms with E-state index in [2.05, 4.69) is 26.1 Å². The average Bonchev–Trinajstić information content (AvgIpc) is 2.54. The molecule has 0 saturated carbocycles. The first-order chi connectivity index (χ1) is 9.92. The maximum atomic E-state index is 4.60. The Morgan fingerprint density at radius 1 is 0.900 bits per heavy atom. The van der Waals surface area contributed by atoms with Crippen LogP contribution in [0.1, 0.15) is 0 Å². The van der Waals surface area contributed by atoms with E-state index in [-0.39, 0.29) is 0 Å². The van der Waals surface area contributed by atoms with Crippen LogP contribution in [0.3, 0.4) is 0 Å². The van der Waals surface area contributed by atoms with Crippen molar-refractivity contribution in [3.8, 4) is 11.4 Å². The second kappa shape index (κ2) is 4.35. The van der Waals surface area contributed by atoms with Gasteiger partial charge in [0.2, 0.25) is 0 Å². The fraction of sp³-hybridized carbons (Fsp3) is 0. The molecule has 0 amide bonds. The number of nitrogens with zero attached hydrogens (tertiary/aromatic N) is 4. The van der Waals surface area contributed by atoms with Gasteiger partial charge >= 0.3 is 0 Å². The van der Waals surface area contributed by atoms with Crippen molar-refractivity contribution in [2.75, 3.05) is 0 Å². The molecular formula is C16H9N4. The second-order valence-corrected chi connectivity index (χ2v) is 4.44. The van der Waals surface area contributed by atoms with Gasteiger partial charge in [-0.2, -0.15) is 0 Å². The first-order valence-corrected chi connectivity index (χ1v) is 6.25. The van der Waals surface area contributed by atoms with Crippen LogP contribution in [0.5, 0.6) is 0 Å². The van der Waals surface area contributed by atoms with Gasteiger partial charge in [0.1, 0.15) is 12.5 Å². The van der Waals surface area contributed by atoms with E-state index in [1.54, 1.807) is 12.5 Å². The third-order valence-electron chi connectivity index (χ3n) is 3.20. The summed E-state index contributed by atoms with van der Waals surface area (Å²) < 4.78 is 0. The summed E-state index contributed by atoms with van der Waals surface area (Å²) in [6.07, 6.45) is 6.36. The summed E-state index contributed by atoms with van der Waals surface area (Å²) in [5.41, 5.74) is 2.69. The molecule has 93 valence electrons. The Morgan fingerprint density at radius 3 is 2.80 bits per heavy atom. The van der Waals surface area contributed by atoms with Crippen molar-refractivity contribution in [1.82, 2.24) is 19.9 Å². The van der Waals surface area contributed by atoms with E-state index in [1.165, 1.54) is 0 Å². The van der Waals surface area contributed by atoms with Crippen molar-refractivity contribution in [2.45, 2.75) is 0 Å². The molecule has 0 N–H and O–H groups in total. The number of hydrogen-bond acceptors (Lipinski definition) is 4. The standard InChI is InChI=1S/C16H9N4/c1-2-6-14-11(4-1)8-18-16(20-14)12-5-3-7-15-13(12)9-17-10-19-15/h1-7,9-10H. The molecule has 1 radical (unpaired) electrons. The number of fused-ring (bicyclic) bond motifs is 2. The van der Waals surface area contributed by atoms with Gasteiger partial charge in [-0.1, -0.05) is 30.3 Å². The van der Waals surface area contributed by atoms with Crippen molar-refractivity contribution >= 4 is 21.8 Å². The zero-order valence-corrected chi connectivity index (χ0v) is 10.5. The number of benzene rings is 2. The zero-order valence-electron chi connectivity index (χ0n) is 10.5. The molecule has 0 aliphatic carbocycles. The van der Waals surface area contributed by atoms with Gasteiger partial charge in [0.15, 0.2) is 5.82 Å². The van der Waals surface area contributed by atoms with E-state index in [4.69, 9.17) is 0 Å². The van der Waals surface area contributed by atoms with Gasteiger partial charge in [-0.15, -0.1) is 0 Å². The van der Waals surface area contributed by atoms with Crippen LogP contribution >= 0.6 is 0 Å². The van der Waals surface area contributed by atoms with Gasteiger partial charge in [0, 0.05) is 22.5 Å². The lowest BCUT2D eigenvalue weighted by Gasteiger charge is -2.05. The quantitative estimate of drug-likeness (QED) is 0.526. The highest BCUT2D eigenvalue weighted by Gasteiger charge is 2.08. The first-order valence-electron chi connectivity index (χ1n) is 6.25. The fourth-order valence-corrected chi connectivity index (χ4v) is 2.24. The number of aromatic nitrogens is 4. The molecule has 0 atom stereocenters. The Balaban J connectivity index is 2.01. The van der Waals surface area contributed by atoms with Crippen molar-refractivity contribution in [2.24, 2.45) is 0 Å². The van der Waals surface area contributed by atoms with E-state index < -0.39 is 0 Å². The smallest absolute Gasteiger partial charge is 0.161 e. The normalized spacial score (nSPS) is 11.0. The lowest BCUT2D eigenvalue weighted by molar-refractivity contribution is 1.20. The van der Waals surface area contributed by atoms with E-state index in [0.29, 0.717) is 5.82 Å². The molecule has 2 aromatic heterocycles. The van der Waals surface area contributed by atoms with Crippen LogP contribution in [0.2, 0.25) is 0 Å². The minimum absolute atomic E-state index is 0.643. The Kier molecular flexibility index (Phi) is 2.39. The van der Waals surface area contributed by atoms with Gasteiger partial charge in [0.05, 0.1) is 11.0 Å². The van der Waals surface area contributed by atoms with Crippen molar-refractivity contribution < 1.29 is 0 Å². The number of para-hydroxylation sites is 1. The molecule has 0 bridgehead atoms. The highest BCUT2D eigenvalue weighted by Crippen LogP contribution is 2.25. The van der Waals surface area contributed by atoms with Crippen LogP contribution in [0.25, 0.3) is 33.2 Å². The molecular weight excluding hydrogens is 248 g/mol. The van der Waals surface area contributed by atoms with E-state index in [0.717, 1.165) is 27.4 Å². The molecule has 0 unspecified atom stereocenters. The molecule has 0 fully saturated rings. The molecule has 4 nitrogen and oxygen atoms in total. The number of rotatable bonds is 1. The molecule has 0 aliphatic rings. The minimum Gasteiger partial charge on any atom is -0.244 e. The van der Waals surface area contributed by atoms with Crippen molar-refractivity contribution in [3.63, 3.8) is 0 Å². The predicted molar refractivity (Wildman–Crippen MR) is 76.9 cm³/mol. The Bertz CT molecular complexity index is 913. The lowest BCUT2D eigenvalue weighted by atomic mass is 10.1. The molecule has 2 heterocycles. The molecule has 0 aliphatic heterocycles. The van der Waals surface area contributed by atoms with Crippen LogP contribution in [-0.2, 0) is 0 Å². The van der Waals surface area contributed by atoms with Crippen LogP contribution in [0.4, 0.5) is 0 Å². The largest absolute Gasteiger partial charge is 0.244 e. The van der Waals surface area contributed by atoms with Crippen LogP contribution in [-0.4, -0.2) is 19.9 Å². The first kappa shape index (κ1) is 11.0. The summed E-state index contributed by atoms with van der Waals surface area (Å²) in [6, 6.07) is 13.7. The summed E-state index contributed by atoms with van der Waals surface area (Å²) in [4.78, 5) is 17.3. The van der Waals surface area contributed by atoms with E-state index in [1.807, 2.05) is 42.5 Å². The Labute approximate surface area is 115 Å². The lowest BCUT2D eigenvalue weighted by Crippen LogP contribution is -1.92. The highest BCUT2D eigenvalue weighted by atomic mass is 14.9. The third-order valence-corrected chi connectivity index (χ3v) is 3.20. The topological polar surface area (TPSA) is 51.6 Å². The van der Waals surface area contributed by atoms with Gasteiger partial charge in [0.25, 0.3) is 0 Å². The predicted octanol–water partition coefficient (Wildman–Crippen LogP) is 3.04. The summed E-state index contributed by atoms with van der Waals surface area (Å²) in [6.45, 7) is 0. The van der Waals surface area contributed by atoms with Gasteiger partial charge in [-0.25, -0.2) is 19.9 Å². The molecule has 2 aromatic carbocycles. The van der Waals surface area contributed by atoms with Crippen molar-refractivity contribution in [3.05, 3.63) is 61.2 Å². The molecule has 4 aromatic rings. The second-order valence-electron chi connectivity index (χ2n) is 4.44. The maximum absolute atomic E-state index is 4.60. The highest BCUT2D eigenvalue weighted by molar-refractivity contribution is 5.93. The van der Waals surface area contributed by atoms with Crippen LogP contribution < -0.4 is 0 Å². The maximum Gasteiger partial charge on any atom is 0.161 e. The van der Waals surface area contributed by atoms with Crippen LogP contribution in [0.15, 0.2) is 55.0 Å². The Hall–Kier alpha value is -2.88. The van der Waals surface area contributed by atoms with Gasteiger partial charge in [-0.3, -0.25) is 0 Å². The van der Waals surface area contributed by atoms with Crippen LogP contribution in [0, 0.1) is 6.20 Å². The summed E-state index contributed by atoms with van der Waals surface area (Å²) >= 11 is 0. The third kappa shape index (κ3) is 1.70. The molecule has 4 heteroatoms. The number of hydrogen-bond donors (Lipinski definition) is 0. The Morgan fingerprint density at radius 2 is 1.80 bits per heavy atom. The summed E-state index contributed by atoms with van der Waals surface area (Å²) in [5, 5.41) is 1.85. The SMILES string of the molecule is [c]1nc(-c2cccc3ncncc23)nc2ccccc12. The fourth-order valence-electron chi connectivity index (χ4n) is 2.24. The monoisotopic (exact) mass is 257 g/mol. The van der Waals surface area contributed by atoms with E-state index >= 15 is 0 Å². The minimum atomic E-state index is 0.643. The summed E-state index contributed by atoms with van der Waals surface area (Å²) in [7, 11) is 0. The van der Waals surface area contributed by atoms with Gasteiger partial charge < -0.3 is 0 Å². The molecule has 0 spiro atoms. The summed E-state index contributed by atoms with van der Waals surface area (Å²) in [5.74, 6) is 0.643. The zero-order chi connectivity index (χ0) is 13.4. The van der Waals surface area contributed by atoms with Gasteiger partial charge in [-0.05, 0) is 12.1 Å². The van der Waals surface area contributed by atoms with Crippen molar-refractivity contribution in [1.29, 1.82) is 0 Å². The van der Waals surface area contributed by atoms with E-state index in [9.17, 15) is 0 Å².